The number of hydrogen-bond acceptors (Lipinski definition) is 7. The molecule has 0 spiro atoms. The lowest BCUT2D eigenvalue weighted by Gasteiger charge is -2.14. The molecule has 0 saturated carbocycles. The summed E-state index contributed by atoms with van der Waals surface area (Å²) in [5, 5.41) is 2.94. The number of hydrogen-bond donors (Lipinski definition) is 2. The Hall–Kier alpha value is -4.25. The molecular weight excluding hydrogens is 506 g/mol. The third-order valence-corrected chi connectivity index (χ3v) is 7.46. The van der Waals surface area contributed by atoms with E-state index in [1.807, 2.05) is 19.9 Å². The molecule has 2 heterocycles. The number of methoxy groups -OCH3 is 1. The van der Waals surface area contributed by atoms with Gasteiger partial charge in [0.05, 0.1) is 35.2 Å². The molecule has 0 saturated heterocycles. The van der Waals surface area contributed by atoms with Crippen LogP contribution in [0.2, 0.25) is 0 Å². The number of amides is 1. The highest BCUT2D eigenvalue weighted by Crippen LogP contribution is 2.31. The van der Waals surface area contributed by atoms with Crippen molar-refractivity contribution in [2.24, 2.45) is 5.92 Å². The highest BCUT2D eigenvalue weighted by molar-refractivity contribution is 7.92. The summed E-state index contributed by atoms with van der Waals surface area (Å²) in [4.78, 5) is 33.9. The molecule has 1 amide bonds. The Kier molecular flexibility index (Phi) is 7.49. The topological polar surface area (TPSA) is 132 Å². The number of aryl methyl sites for hydroxylation is 2. The summed E-state index contributed by atoms with van der Waals surface area (Å²) in [6.45, 7) is 5.57. The molecule has 4 aromatic rings. The van der Waals surface area contributed by atoms with Gasteiger partial charge in [0.15, 0.2) is 0 Å². The molecule has 4 rings (SSSR count). The van der Waals surface area contributed by atoms with Gasteiger partial charge >= 0.3 is 0 Å². The first-order valence-corrected chi connectivity index (χ1v) is 13.4. The minimum atomic E-state index is -3.92. The number of nitrogens with one attached hydrogen (secondary N) is 2. The van der Waals surface area contributed by atoms with E-state index in [2.05, 4.69) is 20.0 Å². The van der Waals surface area contributed by atoms with Crippen LogP contribution in [0.15, 0.2) is 64.7 Å². The lowest BCUT2D eigenvalue weighted by molar-refractivity contribution is -0.124. The summed E-state index contributed by atoms with van der Waals surface area (Å²) in [6, 6.07) is 11.8. The summed E-state index contributed by atoms with van der Waals surface area (Å²) in [5.74, 6) is -0.487. The molecule has 1 atom stereocenters. The van der Waals surface area contributed by atoms with Crippen LogP contribution >= 0.6 is 0 Å². The maximum atomic E-state index is 13.2. The lowest BCUT2D eigenvalue weighted by atomic mass is 10.0. The Balaban J connectivity index is 1.73. The molecule has 0 aliphatic heterocycles. The quantitative estimate of drug-likeness (QED) is 0.354. The van der Waals surface area contributed by atoms with Crippen LogP contribution in [0.3, 0.4) is 0 Å². The zero-order chi connectivity index (χ0) is 27.6. The number of rotatable bonds is 8. The molecule has 0 radical (unpaired) electrons. The Morgan fingerprint density at radius 3 is 2.42 bits per heavy atom. The first-order valence-electron chi connectivity index (χ1n) is 11.9. The van der Waals surface area contributed by atoms with Crippen molar-refractivity contribution < 1.29 is 17.9 Å². The fourth-order valence-electron chi connectivity index (χ4n) is 4.23. The van der Waals surface area contributed by atoms with Gasteiger partial charge in [-0.1, -0.05) is 19.1 Å². The summed E-state index contributed by atoms with van der Waals surface area (Å²) >= 11 is 0. The third kappa shape index (κ3) is 5.52. The van der Waals surface area contributed by atoms with Crippen LogP contribution in [0.1, 0.15) is 18.1 Å². The van der Waals surface area contributed by atoms with Crippen LogP contribution in [0.5, 0.6) is 5.88 Å². The van der Waals surface area contributed by atoms with Gasteiger partial charge < -0.3 is 10.1 Å². The predicted octanol–water partition coefficient (Wildman–Crippen LogP) is 3.27. The van der Waals surface area contributed by atoms with Crippen LogP contribution < -0.4 is 20.3 Å². The zero-order valence-corrected chi connectivity index (χ0v) is 22.6. The van der Waals surface area contributed by atoms with E-state index in [0.717, 1.165) is 11.1 Å². The van der Waals surface area contributed by atoms with Crippen LogP contribution in [0.4, 0.5) is 5.69 Å². The van der Waals surface area contributed by atoms with Crippen LogP contribution in [0, 0.1) is 19.8 Å². The van der Waals surface area contributed by atoms with Gasteiger partial charge in [-0.2, -0.15) is 0 Å². The van der Waals surface area contributed by atoms with Crippen LogP contribution in [-0.2, 0) is 21.4 Å². The first kappa shape index (κ1) is 26.8. The summed E-state index contributed by atoms with van der Waals surface area (Å²) in [6.07, 6.45) is 2.97. The van der Waals surface area contributed by atoms with E-state index in [9.17, 15) is 18.0 Å². The highest BCUT2D eigenvalue weighted by atomic mass is 32.2. The van der Waals surface area contributed by atoms with Gasteiger partial charge in [-0.05, 0) is 60.9 Å². The first-order chi connectivity index (χ1) is 18.0. The Labute approximate surface area is 220 Å². The van der Waals surface area contributed by atoms with Crippen molar-refractivity contribution >= 4 is 32.5 Å². The number of pyridine rings is 1. The second-order valence-electron chi connectivity index (χ2n) is 9.16. The fraction of sp³-hybridized carbons (Fsp3) is 0.259. The molecule has 198 valence electrons. The number of carbonyl (C=O) groups is 1. The molecule has 11 heteroatoms. The Morgan fingerprint density at radius 1 is 1.05 bits per heavy atom. The van der Waals surface area contributed by atoms with Crippen molar-refractivity contribution in [3.8, 4) is 17.0 Å². The molecule has 0 bridgehead atoms. The number of nitrogens with zero attached hydrogens (tertiary/aromatic N) is 3. The second kappa shape index (κ2) is 10.6. The van der Waals surface area contributed by atoms with Gasteiger partial charge in [-0.3, -0.25) is 18.9 Å². The summed E-state index contributed by atoms with van der Waals surface area (Å²) < 4.78 is 35.6. The van der Waals surface area contributed by atoms with E-state index in [0.29, 0.717) is 22.0 Å². The van der Waals surface area contributed by atoms with Crippen molar-refractivity contribution in [3.05, 3.63) is 76.5 Å². The van der Waals surface area contributed by atoms with Gasteiger partial charge in [0.1, 0.15) is 5.69 Å². The minimum Gasteiger partial charge on any atom is -0.480 e. The van der Waals surface area contributed by atoms with Crippen LogP contribution in [0.25, 0.3) is 22.0 Å². The number of ether oxygens (including phenoxy) is 1. The average Bonchev–Trinajstić information content (AvgIpc) is 2.88. The maximum absolute atomic E-state index is 13.2. The van der Waals surface area contributed by atoms with Crippen molar-refractivity contribution in [1.29, 1.82) is 0 Å². The van der Waals surface area contributed by atoms with Gasteiger partial charge in [-0.15, -0.1) is 0 Å². The average molecular weight is 536 g/mol. The summed E-state index contributed by atoms with van der Waals surface area (Å²) in [7, 11) is -0.973. The molecule has 0 fully saturated rings. The standard InChI is InChI=1S/C27H29N5O5S/c1-16-8-17(2)10-21(9-16)38(35,36)31-24-12-20(13-29-26(24)37-5)19-6-7-23-22(11-19)27(34)32(15-30-23)14-18(3)25(33)28-4/h6-13,15,18,31H,14H2,1-5H3,(H,28,33). The monoisotopic (exact) mass is 535 g/mol. The Bertz CT molecular complexity index is 1680. The molecule has 2 aromatic carbocycles. The van der Waals surface area contributed by atoms with E-state index in [-0.39, 0.29) is 34.5 Å². The molecular formula is C27H29N5O5S. The van der Waals surface area contributed by atoms with Gasteiger partial charge in [0.25, 0.3) is 15.6 Å². The van der Waals surface area contributed by atoms with Crippen molar-refractivity contribution in [3.63, 3.8) is 0 Å². The normalized spacial score (nSPS) is 12.2. The SMILES string of the molecule is CNC(=O)C(C)Cn1cnc2ccc(-c3cnc(OC)c(NS(=O)(=O)c4cc(C)cc(C)c4)c3)cc2c1=O. The number of benzene rings is 2. The lowest BCUT2D eigenvalue weighted by Crippen LogP contribution is -2.32. The molecule has 2 aromatic heterocycles. The number of sulfonamides is 1. The highest BCUT2D eigenvalue weighted by Gasteiger charge is 2.19. The van der Waals surface area contributed by atoms with Gasteiger partial charge in [0.2, 0.25) is 11.8 Å². The van der Waals surface area contributed by atoms with Crippen LogP contribution in [-0.4, -0.2) is 43.0 Å². The second-order valence-corrected chi connectivity index (χ2v) is 10.8. The number of carbonyl (C=O) groups excluding carboxylic acids is 1. The van der Waals surface area contributed by atoms with E-state index in [4.69, 9.17) is 4.74 Å². The molecule has 0 aliphatic carbocycles. The molecule has 10 nitrogen and oxygen atoms in total. The van der Waals surface area contributed by atoms with Crippen molar-refractivity contribution in [1.82, 2.24) is 19.9 Å². The van der Waals surface area contributed by atoms with E-state index >= 15 is 0 Å². The van der Waals surface area contributed by atoms with E-state index in [1.165, 1.54) is 24.2 Å². The number of fused-ring (bicyclic) bond motifs is 1. The molecule has 0 aliphatic rings. The van der Waals surface area contributed by atoms with Gasteiger partial charge in [-0.25, -0.2) is 18.4 Å². The van der Waals surface area contributed by atoms with Gasteiger partial charge in [0, 0.05) is 25.4 Å². The van der Waals surface area contributed by atoms with E-state index < -0.39 is 15.9 Å². The van der Waals surface area contributed by atoms with Crippen molar-refractivity contribution in [2.45, 2.75) is 32.2 Å². The molecule has 38 heavy (non-hydrogen) atoms. The largest absolute Gasteiger partial charge is 0.480 e. The number of aromatic nitrogens is 3. The predicted molar refractivity (Wildman–Crippen MR) is 146 cm³/mol. The zero-order valence-electron chi connectivity index (χ0n) is 21.8. The third-order valence-electron chi connectivity index (χ3n) is 6.12. The molecule has 1 unspecified atom stereocenters. The summed E-state index contributed by atoms with van der Waals surface area (Å²) in [5.41, 5.74) is 3.22. The molecule has 2 N–H and O–H groups in total. The minimum absolute atomic E-state index is 0.106. The Morgan fingerprint density at radius 2 is 1.76 bits per heavy atom. The maximum Gasteiger partial charge on any atom is 0.262 e. The fourth-order valence-corrected chi connectivity index (χ4v) is 5.47. The van der Waals surface area contributed by atoms with E-state index in [1.54, 1.807) is 50.4 Å². The number of anilines is 1. The smallest absolute Gasteiger partial charge is 0.262 e. The van der Waals surface area contributed by atoms with Crippen molar-refractivity contribution in [2.75, 3.05) is 18.9 Å².